The monoisotopic (exact) mass is 193 g/mol. The number of aryl methyl sites for hydroxylation is 1. The molecule has 76 valence electrons. The van der Waals surface area contributed by atoms with Crippen molar-refractivity contribution in [2.75, 3.05) is 5.32 Å². The molecule has 1 amide bonds. The summed E-state index contributed by atoms with van der Waals surface area (Å²) in [5.74, 6) is -0.168. The van der Waals surface area contributed by atoms with E-state index in [2.05, 4.69) is 10.3 Å². The second kappa shape index (κ2) is 4.72. The maximum atomic E-state index is 11.4. The van der Waals surface area contributed by atoms with Gasteiger partial charge in [-0.15, -0.1) is 0 Å². The Balaban J connectivity index is 2.60. The number of nitrogens with one attached hydrogen (secondary N) is 1. The molecule has 0 fully saturated rings. The van der Waals surface area contributed by atoms with Gasteiger partial charge in [0.05, 0.1) is 17.9 Å². The van der Waals surface area contributed by atoms with Crippen LogP contribution in [0.2, 0.25) is 0 Å². The number of aromatic nitrogens is 1. The summed E-state index contributed by atoms with van der Waals surface area (Å²) in [6.07, 6.45) is 2.25. The van der Waals surface area contributed by atoms with Crippen molar-refractivity contribution in [3.8, 4) is 0 Å². The SMILES string of the molecule is CC[C@H](N)C(=O)Nc1ccc(C)nc1. The predicted molar refractivity (Wildman–Crippen MR) is 55.9 cm³/mol. The number of nitrogens with zero attached hydrogens (tertiary/aromatic N) is 1. The van der Waals surface area contributed by atoms with Gasteiger partial charge in [0, 0.05) is 5.69 Å². The first-order valence-electron chi connectivity index (χ1n) is 4.62. The van der Waals surface area contributed by atoms with Crippen LogP contribution < -0.4 is 11.1 Å². The summed E-state index contributed by atoms with van der Waals surface area (Å²) in [5.41, 5.74) is 7.17. The van der Waals surface area contributed by atoms with Gasteiger partial charge in [0.1, 0.15) is 0 Å². The summed E-state index contributed by atoms with van der Waals surface area (Å²) in [6, 6.07) is 3.20. The highest BCUT2D eigenvalue weighted by Crippen LogP contribution is 2.05. The summed E-state index contributed by atoms with van der Waals surface area (Å²) < 4.78 is 0. The zero-order chi connectivity index (χ0) is 10.6. The smallest absolute Gasteiger partial charge is 0.241 e. The highest BCUT2D eigenvalue weighted by atomic mass is 16.2. The van der Waals surface area contributed by atoms with Crippen molar-refractivity contribution < 1.29 is 4.79 Å². The molecule has 0 aliphatic carbocycles. The van der Waals surface area contributed by atoms with Gasteiger partial charge in [0.25, 0.3) is 0 Å². The molecular weight excluding hydrogens is 178 g/mol. The van der Waals surface area contributed by atoms with Crippen molar-refractivity contribution in [3.63, 3.8) is 0 Å². The normalized spacial score (nSPS) is 12.2. The number of pyridine rings is 1. The molecule has 0 bridgehead atoms. The Bertz CT molecular complexity index is 308. The number of nitrogens with two attached hydrogens (primary N) is 1. The van der Waals surface area contributed by atoms with E-state index in [9.17, 15) is 4.79 Å². The molecule has 0 aromatic carbocycles. The molecule has 1 rings (SSSR count). The molecule has 3 N–H and O–H groups in total. The van der Waals surface area contributed by atoms with Gasteiger partial charge in [-0.05, 0) is 25.5 Å². The van der Waals surface area contributed by atoms with Crippen LogP contribution in [-0.4, -0.2) is 16.9 Å². The zero-order valence-corrected chi connectivity index (χ0v) is 8.45. The Kier molecular flexibility index (Phi) is 3.59. The molecule has 4 heteroatoms. The van der Waals surface area contributed by atoms with Crippen LogP contribution in [0.4, 0.5) is 5.69 Å². The van der Waals surface area contributed by atoms with E-state index >= 15 is 0 Å². The van der Waals surface area contributed by atoms with Gasteiger partial charge in [0.2, 0.25) is 5.91 Å². The highest BCUT2D eigenvalue weighted by Gasteiger charge is 2.10. The van der Waals surface area contributed by atoms with Crippen molar-refractivity contribution in [2.45, 2.75) is 26.3 Å². The molecule has 0 saturated heterocycles. The van der Waals surface area contributed by atoms with Gasteiger partial charge in [-0.25, -0.2) is 0 Å². The van der Waals surface area contributed by atoms with E-state index in [1.807, 2.05) is 26.0 Å². The molecule has 0 spiro atoms. The third kappa shape index (κ3) is 2.81. The lowest BCUT2D eigenvalue weighted by Crippen LogP contribution is -2.34. The van der Waals surface area contributed by atoms with Gasteiger partial charge in [-0.3, -0.25) is 9.78 Å². The van der Waals surface area contributed by atoms with Crippen LogP contribution in [0.15, 0.2) is 18.3 Å². The summed E-state index contributed by atoms with van der Waals surface area (Å²) in [7, 11) is 0. The van der Waals surface area contributed by atoms with E-state index in [4.69, 9.17) is 5.73 Å². The van der Waals surface area contributed by atoms with Gasteiger partial charge in [-0.1, -0.05) is 6.92 Å². The fourth-order valence-electron chi connectivity index (χ4n) is 0.962. The molecule has 0 aliphatic heterocycles. The fraction of sp³-hybridized carbons (Fsp3) is 0.400. The quantitative estimate of drug-likeness (QED) is 0.754. The number of carbonyl (C=O) groups excluding carboxylic acids is 1. The molecule has 1 aromatic heterocycles. The molecule has 0 saturated carbocycles. The van der Waals surface area contributed by atoms with E-state index in [0.717, 1.165) is 5.69 Å². The fourth-order valence-corrected chi connectivity index (χ4v) is 0.962. The van der Waals surface area contributed by atoms with Crippen molar-refractivity contribution >= 4 is 11.6 Å². The lowest BCUT2D eigenvalue weighted by Gasteiger charge is -2.09. The van der Waals surface area contributed by atoms with Crippen LogP contribution >= 0.6 is 0 Å². The third-order valence-electron chi connectivity index (χ3n) is 1.96. The number of amides is 1. The second-order valence-electron chi connectivity index (χ2n) is 3.19. The number of carbonyl (C=O) groups is 1. The number of anilines is 1. The molecule has 4 nitrogen and oxygen atoms in total. The molecule has 1 aromatic rings. The maximum Gasteiger partial charge on any atom is 0.241 e. The summed E-state index contributed by atoms with van der Waals surface area (Å²) in [4.78, 5) is 15.4. The second-order valence-corrected chi connectivity index (χ2v) is 3.19. The molecular formula is C10H15N3O. The van der Waals surface area contributed by atoms with E-state index in [-0.39, 0.29) is 5.91 Å². The topological polar surface area (TPSA) is 68.0 Å². The molecule has 0 radical (unpaired) electrons. The number of rotatable bonds is 3. The number of hydrogen-bond donors (Lipinski definition) is 2. The summed E-state index contributed by atoms with van der Waals surface area (Å²) >= 11 is 0. The van der Waals surface area contributed by atoms with E-state index < -0.39 is 6.04 Å². The molecule has 14 heavy (non-hydrogen) atoms. The van der Waals surface area contributed by atoms with E-state index in [1.54, 1.807) is 6.20 Å². The predicted octanol–water partition coefficient (Wildman–Crippen LogP) is 1.07. The Morgan fingerprint density at radius 2 is 2.36 bits per heavy atom. The van der Waals surface area contributed by atoms with Crippen molar-refractivity contribution in [3.05, 3.63) is 24.0 Å². The van der Waals surface area contributed by atoms with Crippen LogP contribution in [0.25, 0.3) is 0 Å². The summed E-state index contributed by atoms with van der Waals surface area (Å²) in [5, 5.41) is 2.69. The lowest BCUT2D eigenvalue weighted by atomic mass is 10.2. The lowest BCUT2D eigenvalue weighted by molar-refractivity contribution is -0.117. The maximum absolute atomic E-state index is 11.4. The highest BCUT2D eigenvalue weighted by molar-refractivity contribution is 5.94. The molecule has 1 atom stereocenters. The average molecular weight is 193 g/mol. The Labute approximate surface area is 83.5 Å². The van der Waals surface area contributed by atoms with Gasteiger partial charge < -0.3 is 11.1 Å². The van der Waals surface area contributed by atoms with Crippen LogP contribution in [0.5, 0.6) is 0 Å². The average Bonchev–Trinajstić information content (AvgIpc) is 2.20. The molecule has 0 unspecified atom stereocenters. The van der Waals surface area contributed by atoms with Gasteiger partial charge in [0.15, 0.2) is 0 Å². The summed E-state index contributed by atoms with van der Waals surface area (Å²) in [6.45, 7) is 3.76. The minimum Gasteiger partial charge on any atom is -0.323 e. The first kappa shape index (κ1) is 10.7. The van der Waals surface area contributed by atoms with Gasteiger partial charge >= 0.3 is 0 Å². The minimum atomic E-state index is -0.448. The first-order chi connectivity index (χ1) is 6.63. The Morgan fingerprint density at radius 3 is 2.86 bits per heavy atom. The first-order valence-corrected chi connectivity index (χ1v) is 4.62. The Hall–Kier alpha value is -1.42. The number of hydrogen-bond acceptors (Lipinski definition) is 3. The van der Waals surface area contributed by atoms with Crippen LogP contribution in [0.1, 0.15) is 19.0 Å². The third-order valence-corrected chi connectivity index (χ3v) is 1.96. The van der Waals surface area contributed by atoms with Crippen molar-refractivity contribution in [1.29, 1.82) is 0 Å². The minimum absolute atomic E-state index is 0.168. The van der Waals surface area contributed by atoms with Crippen LogP contribution in [0.3, 0.4) is 0 Å². The van der Waals surface area contributed by atoms with E-state index in [0.29, 0.717) is 12.1 Å². The molecule has 0 aliphatic rings. The van der Waals surface area contributed by atoms with Crippen molar-refractivity contribution in [2.24, 2.45) is 5.73 Å². The standard InChI is InChI=1S/C10H15N3O/c1-3-9(11)10(14)13-8-5-4-7(2)12-6-8/h4-6,9H,3,11H2,1-2H3,(H,13,14)/t9-/m0/s1. The molecule has 1 heterocycles. The van der Waals surface area contributed by atoms with Crippen molar-refractivity contribution in [1.82, 2.24) is 4.98 Å². The zero-order valence-electron chi connectivity index (χ0n) is 8.45. The van der Waals surface area contributed by atoms with Crippen LogP contribution in [-0.2, 0) is 4.79 Å². The Morgan fingerprint density at radius 1 is 1.64 bits per heavy atom. The van der Waals surface area contributed by atoms with E-state index in [1.165, 1.54) is 0 Å². The largest absolute Gasteiger partial charge is 0.323 e. The van der Waals surface area contributed by atoms with Crippen LogP contribution in [0, 0.1) is 6.92 Å². The van der Waals surface area contributed by atoms with Gasteiger partial charge in [-0.2, -0.15) is 0 Å².